The number of likely N-dealkylation sites (tertiary alicyclic amines) is 2. The van der Waals surface area contributed by atoms with E-state index >= 15 is 4.39 Å². The zero-order chi connectivity index (χ0) is 54.9. The Kier molecular flexibility index (Phi) is 18.1. The van der Waals surface area contributed by atoms with Crippen molar-refractivity contribution in [3.05, 3.63) is 101 Å². The number of rotatable bonds is 20. The first-order chi connectivity index (χ1) is 36.0. The molecule has 0 radical (unpaired) electrons. The van der Waals surface area contributed by atoms with Crippen LogP contribution in [-0.4, -0.2) is 133 Å². The minimum atomic E-state index is -4.86. The molecular weight excluding hydrogens is 1020 g/mol. The maximum Gasteiger partial charge on any atom is 0.573 e. The SMILES string of the molecule is Cc1ncsc1-c1ccc(CNC(=O)[C@@H]2C[C@@H](O)CN2C(=O)C(NC(=O)CCNC(=O)CCCn2cnc(-c3cnc(O[C@@H]4CCN(C(=O)Cc5ccc(OC(F)(F)F)cc5)C[C@H]4F)c(C(N)=O)c3)c2)C(C)(C)C)cc1. The van der Waals surface area contributed by atoms with E-state index in [9.17, 15) is 47.0 Å². The molecule has 5 heterocycles. The van der Waals surface area contributed by atoms with Crippen LogP contribution in [0.25, 0.3) is 21.7 Å². The Morgan fingerprint density at radius 3 is 2.30 bits per heavy atom. The number of aliphatic hydroxyl groups excluding tert-OH is 1. The molecule has 406 valence electrons. The summed E-state index contributed by atoms with van der Waals surface area (Å²) in [6.07, 6.45) is -3.64. The molecule has 2 saturated heterocycles. The second kappa shape index (κ2) is 24.5. The Balaban J connectivity index is 0.829. The fourth-order valence-electron chi connectivity index (χ4n) is 8.82. The van der Waals surface area contributed by atoms with Crippen LogP contribution in [0, 0.1) is 12.3 Å². The van der Waals surface area contributed by atoms with Gasteiger partial charge in [0.2, 0.25) is 35.4 Å². The number of benzene rings is 2. The molecule has 2 aliphatic heterocycles. The topological polar surface area (TPSA) is 253 Å². The number of hydrogen-bond acceptors (Lipinski definition) is 13. The number of aliphatic hydroxyl groups is 1. The van der Waals surface area contributed by atoms with E-state index in [0.717, 1.165) is 33.8 Å². The Morgan fingerprint density at radius 1 is 0.921 bits per heavy atom. The minimum Gasteiger partial charge on any atom is -0.471 e. The highest BCUT2D eigenvalue weighted by atomic mass is 32.1. The molecule has 6 N–H and O–H groups in total. The van der Waals surface area contributed by atoms with Gasteiger partial charge in [-0.3, -0.25) is 28.8 Å². The van der Waals surface area contributed by atoms with Crippen LogP contribution in [0.2, 0.25) is 0 Å². The zero-order valence-electron chi connectivity index (χ0n) is 42.3. The van der Waals surface area contributed by atoms with Gasteiger partial charge >= 0.3 is 6.36 Å². The number of alkyl halides is 4. The van der Waals surface area contributed by atoms with Crippen LogP contribution >= 0.6 is 11.3 Å². The molecule has 6 amide bonds. The number of nitrogens with one attached hydrogen (secondary N) is 3. The van der Waals surface area contributed by atoms with Crippen molar-refractivity contribution < 1.29 is 60.9 Å². The lowest BCUT2D eigenvalue weighted by Gasteiger charge is -2.35. The molecule has 0 saturated carbocycles. The Labute approximate surface area is 439 Å². The van der Waals surface area contributed by atoms with Crippen LogP contribution in [0.1, 0.15) is 80.1 Å². The number of nitrogens with zero attached hydrogens (tertiary/aromatic N) is 6. The summed E-state index contributed by atoms with van der Waals surface area (Å²) in [6, 6.07) is 12.0. The van der Waals surface area contributed by atoms with Crippen molar-refractivity contribution >= 4 is 46.8 Å². The van der Waals surface area contributed by atoms with Gasteiger partial charge in [-0.25, -0.2) is 19.3 Å². The molecule has 0 spiro atoms. The van der Waals surface area contributed by atoms with Gasteiger partial charge in [0.1, 0.15) is 29.5 Å². The Hall–Kier alpha value is -7.47. The maximum absolute atomic E-state index is 15.4. The molecule has 19 nitrogen and oxygen atoms in total. The quantitative estimate of drug-likeness (QED) is 0.0644. The smallest absolute Gasteiger partial charge is 0.471 e. The number of thiazole rings is 1. The fraction of sp³-hybridized carbons (Fsp3) is 0.442. The number of aromatic nitrogens is 4. The molecule has 7 rings (SSSR count). The van der Waals surface area contributed by atoms with Gasteiger partial charge in [0.25, 0.3) is 5.91 Å². The van der Waals surface area contributed by atoms with E-state index in [0.29, 0.717) is 29.8 Å². The molecule has 5 atom stereocenters. The molecule has 76 heavy (non-hydrogen) atoms. The monoisotopic (exact) mass is 1080 g/mol. The number of carbonyl (C=O) groups excluding carboxylic acids is 6. The summed E-state index contributed by atoms with van der Waals surface area (Å²) in [4.78, 5) is 95.5. The lowest BCUT2D eigenvalue weighted by Crippen LogP contribution is -2.57. The highest BCUT2D eigenvalue weighted by Crippen LogP contribution is 2.31. The molecule has 24 heteroatoms. The molecule has 2 fully saturated rings. The molecule has 1 unspecified atom stereocenters. The van der Waals surface area contributed by atoms with E-state index in [-0.39, 0.29) is 82.2 Å². The van der Waals surface area contributed by atoms with Crippen molar-refractivity contribution in [1.82, 2.24) is 45.3 Å². The number of hydrogen-bond donors (Lipinski definition) is 5. The van der Waals surface area contributed by atoms with Crippen molar-refractivity contribution in [2.45, 2.75) is 116 Å². The van der Waals surface area contributed by atoms with Gasteiger partial charge in [0.05, 0.1) is 47.2 Å². The fourth-order valence-corrected chi connectivity index (χ4v) is 9.63. The average molecular weight is 1080 g/mol. The normalized spacial score (nSPS) is 18.2. The number of β-amino-alcohol motifs (C(OH)–C–C–N with tert-alkyl or cyclic N) is 1. The lowest BCUT2D eigenvalue weighted by molar-refractivity contribution is -0.274. The number of aryl methyl sites for hydroxylation is 2. The van der Waals surface area contributed by atoms with Gasteiger partial charge < -0.3 is 50.6 Å². The van der Waals surface area contributed by atoms with Gasteiger partial charge in [-0.2, -0.15) is 0 Å². The van der Waals surface area contributed by atoms with Crippen LogP contribution in [0.15, 0.2) is 78.8 Å². The van der Waals surface area contributed by atoms with E-state index in [4.69, 9.17) is 10.5 Å². The third-order valence-corrected chi connectivity index (χ3v) is 13.8. The first-order valence-corrected chi connectivity index (χ1v) is 25.5. The first-order valence-electron chi connectivity index (χ1n) is 24.6. The van der Waals surface area contributed by atoms with E-state index in [1.807, 2.05) is 31.2 Å². The van der Waals surface area contributed by atoms with E-state index in [1.165, 1.54) is 40.5 Å². The Morgan fingerprint density at radius 2 is 1.64 bits per heavy atom. The standard InChI is InChI=1S/C52H60F4N10O9S/c1-30-45(76-29-62-30)33-11-7-32(8-12-33)23-59-48(72)40-22-35(67)25-66(40)50(73)46(51(2,3)4)63-43(69)15-17-58-42(68)6-5-18-64-27-39(61-28-64)34-21-37(47(57)71)49(60-24-34)74-41-16-19-65(26-38(41)53)44(70)20-31-9-13-36(14-10-31)75-52(54,55)56/h7-14,21,24,27-29,35,38,40-41,46,67H,5-6,15-20,22-23,25-26H2,1-4H3,(H2,57,71)(H,58,68)(H,59,72)(H,63,69)/t35-,38-,40+,41-,46?/m1/s1. The molecule has 0 aliphatic carbocycles. The van der Waals surface area contributed by atoms with E-state index in [2.05, 4.69) is 35.6 Å². The minimum absolute atomic E-state index is 0.00349. The van der Waals surface area contributed by atoms with Gasteiger partial charge in [-0.05, 0) is 53.6 Å². The first kappa shape index (κ1) is 56.3. The summed E-state index contributed by atoms with van der Waals surface area (Å²) < 4.78 is 64.3. The van der Waals surface area contributed by atoms with Crippen molar-refractivity contribution in [3.63, 3.8) is 0 Å². The van der Waals surface area contributed by atoms with Crippen LogP contribution in [-0.2, 0) is 43.5 Å². The number of halogens is 4. The summed E-state index contributed by atoms with van der Waals surface area (Å²) in [5.74, 6) is -3.69. The summed E-state index contributed by atoms with van der Waals surface area (Å²) in [5.41, 5.74) is 10.6. The second-order valence-corrected chi connectivity index (χ2v) is 20.6. The number of amides is 6. The number of primary amides is 1. The number of carbonyl (C=O) groups is 6. The molecular formula is C52H60F4N10O9S. The van der Waals surface area contributed by atoms with Crippen molar-refractivity contribution in [3.8, 4) is 33.3 Å². The maximum atomic E-state index is 15.4. The van der Waals surface area contributed by atoms with Crippen LogP contribution in [0.3, 0.4) is 0 Å². The predicted octanol–water partition coefficient (Wildman–Crippen LogP) is 5.03. The number of ether oxygens (including phenoxy) is 2. The van der Waals surface area contributed by atoms with Crippen LogP contribution in [0.4, 0.5) is 17.6 Å². The third kappa shape index (κ3) is 15.1. The molecule has 2 aliphatic rings. The number of piperidine rings is 1. The number of nitrogens with two attached hydrogens (primary N) is 1. The highest BCUT2D eigenvalue weighted by molar-refractivity contribution is 7.13. The highest BCUT2D eigenvalue weighted by Gasteiger charge is 2.44. The van der Waals surface area contributed by atoms with E-state index < -0.39 is 77.5 Å². The van der Waals surface area contributed by atoms with E-state index in [1.54, 1.807) is 48.4 Å². The number of pyridine rings is 1. The number of imidazole rings is 1. The average Bonchev–Trinajstić information content (AvgIpc) is 4.13. The lowest BCUT2D eigenvalue weighted by atomic mass is 9.85. The van der Waals surface area contributed by atoms with Gasteiger partial charge in [0, 0.05) is 76.4 Å². The van der Waals surface area contributed by atoms with Crippen molar-refractivity contribution in [1.29, 1.82) is 0 Å². The van der Waals surface area contributed by atoms with Crippen LogP contribution < -0.4 is 31.2 Å². The molecule has 5 aromatic rings. The summed E-state index contributed by atoms with van der Waals surface area (Å²) in [7, 11) is 0. The summed E-state index contributed by atoms with van der Waals surface area (Å²) in [6.45, 7) is 7.58. The molecule has 0 bridgehead atoms. The largest absolute Gasteiger partial charge is 0.573 e. The zero-order valence-corrected chi connectivity index (χ0v) is 43.1. The van der Waals surface area contributed by atoms with Gasteiger partial charge in [-0.1, -0.05) is 57.2 Å². The third-order valence-electron chi connectivity index (χ3n) is 12.9. The predicted molar refractivity (Wildman–Crippen MR) is 270 cm³/mol. The Bertz CT molecular complexity index is 2870. The second-order valence-electron chi connectivity index (χ2n) is 19.8. The van der Waals surface area contributed by atoms with Gasteiger partial charge in [0.15, 0.2) is 6.17 Å². The molecule has 3 aromatic heterocycles. The summed E-state index contributed by atoms with van der Waals surface area (Å²) in [5, 5.41) is 19.0. The van der Waals surface area contributed by atoms with Crippen molar-refractivity contribution in [2.75, 3.05) is 26.2 Å². The van der Waals surface area contributed by atoms with Crippen LogP contribution in [0.5, 0.6) is 11.6 Å². The van der Waals surface area contributed by atoms with Gasteiger partial charge in [-0.15, -0.1) is 24.5 Å². The van der Waals surface area contributed by atoms with Crippen molar-refractivity contribution in [2.24, 2.45) is 11.1 Å². The molecule has 2 aromatic carbocycles. The summed E-state index contributed by atoms with van der Waals surface area (Å²) >= 11 is 1.54.